The van der Waals surface area contributed by atoms with Crippen molar-refractivity contribution in [2.24, 2.45) is 5.41 Å². The van der Waals surface area contributed by atoms with E-state index >= 15 is 0 Å². The van der Waals surface area contributed by atoms with Crippen LogP contribution in [-0.2, 0) is 16.1 Å². The fourth-order valence-corrected chi connectivity index (χ4v) is 1.10. The average Bonchev–Trinajstić information content (AvgIpc) is 2.27. The topological polar surface area (TPSA) is 66.4 Å². The summed E-state index contributed by atoms with van der Waals surface area (Å²) in [5, 5.41) is 11.3. The molecule has 0 heterocycles. The third kappa shape index (κ3) is 3.27. The Morgan fingerprint density at radius 3 is 2.29 bits per heavy atom. The smallest absolute Gasteiger partial charge is 0.318 e. The normalized spacial score (nSPS) is 11.0. The number of hydrogen-bond acceptors (Lipinski definition) is 2. The molecule has 1 amide bonds. The monoisotopic (exact) mass is 239 g/mol. The molecule has 0 aromatic heterocycles. The van der Waals surface area contributed by atoms with Gasteiger partial charge in [0.05, 0.1) is 0 Å². The molecule has 0 fully saturated rings. The lowest BCUT2D eigenvalue weighted by Gasteiger charge is -2.18. The zero-order chi connectivity index (χ0) is 13.1. The summed E-state index contributed by atoms with van der Waals surface area (Å²) in [6, 6.07) is 5.63. The predicted molar refractivity (Wildman–Crippen MR) is 59.7 cm³/mol. The lowest BCUT2D eigenvalue weighted by molar-refractivity contribution is -0.153. The molecule has 17 heavy (non-hydrogen) atoms. The van der Waals surface area contributed by atoms with Gasteiger partial charge in [-0.3, -0.25) is 9.59 Å². The lowest BCUT2D eigenvalue weighted by Crippen LogP contribution is -2.41. The molecule has 0 unspecified atom stereocenters. The van der Waals surface area contributed by atoms with E-state index in [0.29, 0.717) is 5.56 Å². The molecule has 0 aliphatic carbocycles. The summed E-state index contributed by atoms with van der Waals surface area (Å²) in [4.78, 5) is 22.4. The van der Waals surface area contributed by atoms with Crippen molar-refractivity contribution in [3.63, 3.8) is 0 Å². The van der Waals surface area contributed by atoms with E-state index in [0.717, 1.165) is 0 Å². The zero-order valence-corrected chi connectivity index (χ0v) is 9.66. The molecule has 0 radical (unpaired) electrons. The molecule has 5 heteroatoms. The van der Waals surface area contributed by atoms with Crippen molar-refractivity contribution >= 4 is 11.9 Å². The fraction of sp³-hybridized carbons (Fsp3) is 0.333. The van der Waals surface area contributed by atoms with Crippen molar-refractivity contribution in [1.82, 2.24) is 5.32 Å². The zero-order valence-electron chi connectivity index (χ0n) is 9.66. The highest BCUT2D eigenvalue weighted by atomic mass is 19.1. The number of aliphatic carboxylic acids is 1. The number of carboxylic acid groups (broad SMARTS) is 1. The van der Waals surface area contributed by atoms with Crippen LogP contribution in [0.3, 0.4) is 0 Å². The van der Waals surface area contributed by atoms with Crippen LogP contribution in [-0.4, -0.2) is 17.0 Å². The summed E-state index contributed by atoms with van der Waals surface area (Å²) in [6.45, 7) is 2.83. The number of amides is 1. The quantitative estimate of drug-likeness (QED) is 0.783. The maximum Gasteiger partial charge on any atom is 0.318 e. The summed E-state index contributed by atoms with van der Waals surface area (Å²) in [7, 11) is 0. The van der Waals surface area contributed by atoms with Crippen molar-refractivity contribution in [1.29, 1.82) is 0 Å². The third-order valence-electron chi connectivity index (χ3n) is 2.47. The average molecular weight is 239 g/mol. The Kier molecular flexibility index (Phi) is 3.83. The van der Waals surface area contributed by atoms with Crippen LogP contribution < -0.4 is 5.32 Å². The number of carboxylic acids is 1. The molecule has 0 aliphatic rings. The van der Waals surface area contributed by atoms with E-state index in [9.17, 15) is 14.0 Å². The number of nitrogens with one attached hydrogen (secondary N) is 1. The predicted octanol–water partition coefficient (Wildman–Crippen LogP) is 1.55. The van der Waals surface area contributed by atoms with Crippen LogP contribution in [0.2, 0.25) is 0 Å². The number of benzene rings is 1. The van der Waals surface area contributed by atoms with Crippen molar-refractivity contribution in [3.05, 3.63) is 35.6 Å². The second-order valence-electron chi connectivity index (χ2n) is 4.24. The summed E-state index contributed by atoms with van der Waals surface area (Å²) >= 11 is 0. The van der Waals surface area contributed by atoms with Gasteiger partial charge in [-0.2, -0.15) is 0 Å². The minimum Gasteiger partial charge on any atom is -0.480 e. The Balaban J connectivity index is 2.60. The Labute approximate surface area is 98.5 Å². The van der Waals surface area contributed by atoms with E-state index in [-0.39, 0.29) is 12.4 Å². The minimum atomic E-state index is -1.47. The number of carbonyl (C=O) groups excluding carboxylic acids is 1. The van der Waals surface area contributed by atoms with Crippen LogP contribution in [0.15, 0.2) is 24.3 Å². The molecule has 0 saturated heterocycles. The van der Waals surface area contributed by atoms with Gasteiger partial charge in [-0.15, -0.1) is 0 Å². The first kappa shape index (κ1) is 13.2. The summed E-state index contributed by atoms with van der Waals surface area (Å²) in [6.07, 6.45) is 0. The number of rotatable bonds is 4. The highest BCUT2D eigenvalue weighted by Crippen LogP contribution is 2.15. The van der Waals surface area contributed by atoms with Gasteiger partial charge in [-0.05, 0) is 31.5 Å². The third-order valence-corrected chi connectivity index (χ3v) is 2.47. The second kappa shape index (κ2) is 4.95. The number of halogens is 1. The molecule has 0 saturated carbocycles. The van der Waals surface area contributed by atoms with Crippen LogP contribution >= 0.6 is 0 Å². The Hall–Kier alpha value is -1.91. The van der Waals surface area contributed by atoms with Crippen LogP contribution in [0.1, 0.15) is 19.4 Å². The lowest BCUT2D eigenvalue weighted by atomic mass is 9.92. The summed E-state index contributed by atoms with van der Waals surface area (Å²) in [5.41, 5.74) is -0.763. The van der Waals surface area contributed by atoms with Gasteiger partial charge in [0.25, 0.3) is 0 Å². The molecule has 4 nitrogen and oxygen atoms in total. The van der Waals surface area contributed by atoms with Crippen molar-refractivity contribution < 1.29 is 19.1 Å². The molecule has 1 rings (SSSR count). The van der Waals surface area contributed by atoms with Gasteiger partial charge in [0.1, 0.15) is 11.2 Å². The molecule has 92 valence electrons. The van der Waals surface area contributed by atoms with Gasteiger partial charge in [-0.25, -0.2) is 4.39 Å². The van der Waals surface area contributed by atoms with Gasteiger partial charge in [0.2, 0.25) is 5.91 Å². The first-order valence-corrected chi connectivity index (χ1v) is 5.10. The summed E-state index contributed by atoms with van der Waals surface area (Å²) in [5.74, 6) is -2.12. The maximum atomic E-state index is 12.6. The van der Waals surface area contributed by atoms with Gasteiger partial charge < -0.3 is 10.4 Å². The van der Waals surface area contributed by atoms with Gasteiger partial charge in [-0.1, -0.05) is 12.1 Å². The number of carbonyl (C=O) groups is 2. The second-order valence-corrected chi connectivity index (χ2v) is 4.24. The van der Waals surface area contributed by atoms with E-state index in [1.165, 1.54) is 38.1 Å². The fourth-order valence-electron chi connectivity index (χ4n) is 1.10. The van der Waals surface area contributed by atoms with Crippen LogP contribution in [0.5, 0.6) is 0 Å². The van der Waals surface area contributed by atoms with Crippen molar-refractivity contribution in [2.45, 2.75) is 20.4 Å². The van der Waals surface area contributed by atoms with E-state index in [4.69, 9.17) is 5.11 Å². The van der Waals surface area contributed by atoms with E-state index in [2.05, 4.69) is 5.32 Å². The first-order chi connectivity index (χ1) is 7.84. The van der Waals surface area contributed by atoms with Crippen LogP contribution in [0.25, 0.3) is 0 Å². The Bertz CT molecular complexity index is 426. The SMILES string of the molecule is CC(C)(C(=O)O)C(=O)NCc1ccc(F)cc1. The largest absolute Gasteiger partial charge is 0.480 e. The number of hydrogen-bond donors (Lipinski definition) is 2. The van der Waals surface area contributed by atoms with E-state index in [1.807, 2.05) is 0 Å². The van der Waals surface area contributed by atoms with Crippen molar-refractivity contribution in [3.8, 4) is 0 Å². The molecule has 0 spiro atoms. The van der Waals surface area contributed by atoms with Crippen molar-refractivity contribution in [2.75, 3.05) is 0 Å². The van der Waals surface area contributed by atoms with Gasteiger partial charge >= 0.3 is 5.97 Å². The van der Waals surface area contributed by atoms with E-state index < -0.39 is 17.3 Å². The first-order valence-electron chi connectivity index (χ1n) is 5.10. The molecule has 0 aliphatic heterocycles. The minimum absolute atomic E-state index is 0.176. The molecule has 1 aromatic rings. The Morgan fingerprint density at radius 1 is 1.29 bits per heavy atom. The molecule has 0 atom stereocenters. The molecule has 1 aromatic carbocycles. The van der Waals surface area contributed by atoms with Gasteiger partial charge in [0.15, 0.2) is 0 Å². The van der Waals surface area contributed by atoms with E-state index in [1.54, 1.807) is 0 Å². The van der Waals surface area contributed by atoms with Crippen LogP contribution in [0.4, 0.5) is 4.39 Å². The van der Waals surface area contributed by atoms with Crippen LogP contribution in [0, 0.1) is 11.2 Å². The maximum absolute atomic E-state index is 12.6. The Morgan fingerprint density at radius 2 is 1.82 bits per heavy atom. The molecule has 0 bridgehead atoms. The molecular formula is C12H14FNO3. The highest BCUT2D eigenvalue weighted by Gasteiger charge is 2.35. The molecular weight excluding hydrogens is 225 g/mol. The molecule has 2 N–H and O–H groups in total. The summed E-state index contributed by atoms with van der Waals surface area (Å²) < 4.78 is 12.6. The van der Waals surface area contributed by atoms with Gasteiger partial charge in [0, 0.05) is 6.54 Å². The standard InChI is InChI=1S/C12H14FNO3/c1-12(2,11(16)17)10(15)14-7-8-3-5-9(13)6-4-8/h3-6H,7H2,1-2H3,(H,14,15)(H,16,17). The highest BCUT2D eigenvalue weighted by molar-refractivity contribution is 6.00.